The quantitative estimate of drug-likeness (QED) is 0.669. The first-order valence-electron chi connectivity index (χ1n) is 7.44. The van der Waals surface area contributed by atoms with E-state index in [1.807, 2.05) is 24.3 Å². The van der Waals surface area contributed by atoms with Gasteiger partial charge in [0.1, 0.15) is 0 Å². The Morgan fingerprint density at radius 3 is 2.54 bits per heavy atom. The van der Waals surface area contributed by atoms with Crippen molar-refractivity contribution in [2.45, 2.75) is 16.6 Å². The van der Waals surface area contributed by atoms with Gasteiger partial charge < -0.3 is 10.1 Å². The van der Waals surface area contributed by atoms with Gasteiger partial charge in [-0.25, -0.2) is 0 Å². The van der Waals surface area contributed by atoms with Crippen LogP contribution in [0.15, 0.2) is 59.5 Å². The maximum Gasteiger partial charge on any atom is 0.307 e. The van der Waals surface area contributed by atoms with Crippen LogP contribution in [-0.2, 0) is 14.3 Å². The number of thioether (sulfide) groups is 1. The largest absolute Gasteiger partial charge is 0.457 e. The van der Waals surface area contributed by atoms with Crippen LogP contribution >= 0.6 is 11.8 Å². The molecule has 0 saturated carbocycles. The lowest BCUT2D eigenvalue weighted by atomic mass is 10.1. The van der Waals surface area contributed by atoms with E-state index < -0.39 is 11.2 Å². The van der Waals surface area contributed by atoms with Crippen molar-refractivity contribution in [2.75, 3.05) is 11.9 Å². The zero-order chi connectivity index (χ0) is 16.9. The van der Waals surface area contributed by atoms with Crippen LogP contribution in [0.1, 0.15) is 16.8 Å². The normalized spacial score (nSPS) is 16.0. The Morgan fingerprint density at radius 1 is 1.04 bits per heavy atom. The van der Waals surface area contributed by atoms with E-state index in [1.54, 1.807) is 30.3 Å². The van der Waals surface area contributed by atoms with Crippen molar-refractivity contribution in [3.63, 3.8) is 0 Å². The number of nitrogens with one attached hydrogen (secondary N) is 1. The molecular formula is C18H15NO4S. The predicted molar refractivity (Wildman–Crippen MR) is 91.1 cm³/mol. The Balaban J connectivity index is 1.54. The molecule has 0 bridgehead atoms. The fraction of sp³-hybridized carbons (Fsp3) is 0.167. The molecular weight excluding hydrogens is 326 g/mol. The molecule has 122 valence electrons. The molecule has 0 spiro atoms. The minimum absolute atomic E-state index is 0.0765. The molecule has 0 unspecified atom stereocenters. The lowest BCUT2D eigenvalue weighted by molar-refractivity contribution is -0.143. The number of benzene rings is 2. The van der Waals surface area contributed by atoms with E-state index in [2.05, 4.69) is 5.32 Å². The topological polar surface area (TPSA) is 72.5 Å². The number of carbonyl (C=O) groups is 3. The first-order valence-corrected chi connectivity index (χ1v) is 8.32. The smallest absolute Gasteiger partial charge is 0.307 e. The Labute approximate surface area is 143 Å². The zero-order valence-electron chi connectivity index (χ0n) is 12.7. The van der Waals surface area contributed by atoms with E-state index in [1.165, 1.54) is 11.8 Å². The van der Waals surface area contributed by atoms with Gasteiger partial charge in [0.05, 0.1) is 17.4 Å². The molecule has 5 nitrogen and oxygen atoms in total. The molecule has 1 heterocycles. The summed E-state index contributed by atoms with van der Waals surface area (Å²) < 4.78 is 5.02. The third-order valence-corrected chi connectivity index (χ3v) is 4.79. The summed E-state index contributed by atoms with van der Waals surface area (Å²) in [5.74, 6) is -1.06. The summed E-state index contributed by atoms with van der Waals surface area (Å²) >= 11 is 1.33. The van der Waals surface area contributed by atoms with E-state index >= 15 is 0 Å². The molecule has 6 heteroatoms. The lowest BCUT2D eigenvalue weighted by Gasteiger charge is -2.23. The maximum absolute atomic E-state index is 12.0. The number of fused-ring (bicyclic) bond motifs is 1. The molecule has 3 rings (SSSR count). The van der Waals surface area contributed by atoms with Gasteiger partial charge in [0.2, 0.25) is 5.91 Å². The summed E-state index contributed by atoms with van der Waals surface area (Å²) in [7, 11) is 0. The van der Waals surface area contributed by atoms with Gasteiger partial charge in [-0.2, -0.15) is 0 Å². The third-order valence-electron chi connectivity index (χ3n) is 3.52. The molecule has 1 aliphatic rings. The van der Waals surface area contributed by atoms with Gasteiger partial charge in [0.25, 0.3) is 0 Å². The highest BCUT2D eigenvalue weighted by Gasteiger charge is 2.29. The van der Waals surface area contributed by atoms with Crippen molar-refractivity contribution in [3.8, 4) is 0 Å². The van der Waals surface area contributed by atoms with Crippen LogP contribution in [0.5, 0.6) is 0 Å². The minimum Gasteiger partial charge on any atom is -0.457 e. The number of hydrogen-bond acceptors (Lipinski definition) is 5. The van der Waals surface area contributed by atoms with Crippen molar-refractivity contribution < 1.29 is 19.1 Å². The van der Waals surface area contributed by atoms with Gasteiger partial charge in [-0.3, -0.25) is 14.4 Å². The lowest BCUT2D eigenvalue weighted by Crippen LogP contribution is -2.31. The SMILES string of the molecule is O=C(C[C@H]1Sc2ccccc2NC1=O)OCC(=O)c1ccccc1. The van der Waals surface area contributed by atoms with Gasteiger partial charge >= 0.3 is 5.97 Å². The van der Waals surface area contributed by atoms with Crippen LogP contribution in [0.4, 0.5) is 5.69 Å². The van der Waals surface area contributed by atoms with Crippen molar-refractivity contribution in [1.29, 1.82) is 0 Å². The van der Waals surface area contributed by atoms with Crippen molar-refractivity contribution in [2.24, 2.45) is 0 Å². The Kier molecular flexibility index (Phi) is 4.96. The van der Waals surface area contributed by atoms with E-state index in [0.717, 1.165) is 10.6 Å². The second kappa shape index (κ2) is 7.31. The zero-order valence-corrected chi connectivity index (χ0v) is 13.5. The first-order chi connectivity index (χ1) is 11.6. The van der Waals surface area contributed by atoms with Crippen LogP contribution in [0, 0.1) is 0 Å². The number of anilines is 1. The molecule has 24 heavy (non-hydrogen) atoms. The Bertz CT molecular complexity index is 776. The van der Waals surface area contributed by atoms with E-state index in [9.17, 15) is 14.4 Å². The summed E-state index contributed by atoms with van der Waals surface area (Å²) in [6, 6.07) is 16.0. The van der Waals surface area contributed by atoms with E-state index in [0.29, 0.717) is 5.56 Å². The fourth-order valence-corrected chi connectivity index (χ4v) is 3.39. The molecule has 1 amide bonds. The van der Waals surface area contributed by atoms with Crippen LogP contribution in [0.2, 0.25) is 0 Å². The molecule has 0 aromatic heterocycles. The first kappa shape index (κ1) is 16.3. The van der Waals surface area contributed by atoms with Crippen LogP contribution < -0.4 is 5.32 Å². The summed E-state index contributed by atoms with van der Waals surface area (Å²) in [5.41, 5.74) is 1.24. The van der Waals surface area contributed by atoms with E-state index in [4.69, 9.17) is 4.74 Å². The standard InChI is InChI=1S/C18H15NO4S/c20-14(12-6-2-1-3-7-12)11-23-17(21)10-16-18(22)19-13-8-4-5-9-15(13)24-16/h1-9,16H,10-11H2,(H,19,22)/t16-/m1/s1. The number of rotatable bonds is 5. The Hall–Kier alpha value is -2.60. The van der Waals surface area contributed by atoms with Crippen LogP contribution in [-0.4, -0.2) is 29.5 Å². The minimum atomic E-state index is -0.564. The highest BCUT2D eigenvalue weighted by molar-refractivity contribution is 8.01. The molecule has 0 saturated heterocycles. The Morgan fingerprint density at radius 2 is 1.75 bits per heavy atom. The van der Waals surface area contributed by atoms with Gasteiger partial charge in [-0.15, -0.1) is 11.8 Å². The number of para-hydroxylation sites is 1. The van der Waals surface area contributed by atoms with Gasteiger partial charge in [0.15, 0.2) is 12.4 Å². The predicted octanol–water partition coefficient (Wildman–Crippen LogP) is 2.92. The average Bonchev–Trinajstić information content (AvgIpc) is 2.61. The molecule has 0 fully saturated rings. The maximum atomic E-state index is 12.0. The highest BCUT2D eigenvalue weighted by atomic mass is 32.2. The molecule has 1 atom stereocenters. The number of amides is 1. The molecule has 2 aromatic carbocycles. The van der Waals surface area contributed by atoms with Crippen molar-refractivity contribution in [1.82, 2.24) is 0 Å². The summed E-state index contributed by atoms with van der Waals surface area (Å²) in [4.78, 5) is 36.8. The number of hydrogen-bond donors (Lipinski definition) is 1. The molecule has 0 radical (unpaired) electrons. The average molecular weight is 341 g/mol. The van der Waals surface area contributed by atoms with Crippen molar-refractivity contribution >= 4 is 35.1 Å². The number of ketones is 1. The second-order valence-corrected chi connectivity index (χ2v) is 6.49. The molecule has 2 aromatic rings. The summed E-state index contributed by atoms with van der Waals surface area (Å²) in [5, 5.41) is 2.22. The summed E-state index contributed by atoms with van der Waals surface area (Å²) in [6.07, 6.45) is -0.0765. The van der Waals surface area contributed by atoms with Gasteiger partial charge in [0, 0.05) is 10.5 Å². The van der Waals surface area contributed by atoms with Crippen LogP contribution in [0.3, 0.4) is 0 Å². The van der Waals surface area contributed by atoms with Gasteiger partial charge in [-0.05, 0) is 12.1 Å². The summed E-state index contributed by atoms with van der Waals surface area (Å²) in [6.45, 7) is -0.321. The molecule has 0 aliphatic carbocycles. The number of carbonyl (C=O) groups excluding carboxylic acids is 3. The van der Waals surface area contributed by atoms with Crippen LogP contribution in [0.25, 0.3) is 0 Å². The molecule has 1 N–H and O–H groups in total. The molecule has 1 aliphatic heterocycles. The highest BCUT2D eigenvalue weighted by Crippen LogP contribution is 2.36. The number of Topliss-reactive ketones (excluding diaryl/α,β-unsaturated/α-hetero) is 1. The van der Waals surface area contributed by atoms with Gasteiger partial charge in [-0.1, -0.05) is 42.5 Å². The third kappa shape index (κ3) is 3.83. The van der Waals surface area contributed by atoms with Crippen molar-refractivity contribution in [3.05, 3.63) is 60.2 Å². The number of ether oxygens (including phenoxy) is 1. The second-order valence-electron chi connectivity index (χ2n) is 5.25. The fourth-order valence-electron chi connectivity index (χ4n) is 2.29. The monoisotopic (exact) mass is 341 g/mol. The van der Waals surface area contributed by atoms with E-state index in [-0.39, 0.29) is 24.7 Å². The number of esters is 1.